The SMILES string of the molecule is O=C(CNc1ccnc2ccc(Br)cc12)N1CCc2sccc2C1. The van der Waals surface area contributed by atoms with Gasteiger partial charge in [-0.05, 0) is 47.7 Å². The molecular weight excluding hydrogens is 386 g/mol. The molecule has 4 rings (SSSR count). The highest BCUT2D eigenvalue weighted by molar-refractivity contribution is 9.10. The summed E-state index contributed by atoms with van der Waals surface area (Å²) in [6, 6.07) is 10.00. The summed E-state index contributed by atoms with van der Waals surface area (Å²) in [5, 5.41) is 6.40. The topological polar surface area (TPSA) is 45.2 Å². The highest BCUT2D eigenvalue weighted by atomic mass is 79.9. The molecule has 0 saturated heterocycles. The normalized spacial score (nSPS) is 13.8. The third-order valence-electron chi connectivity index (χ3n) is 4.29. The van der Waals surface area contributed by atoms with Crippen LogP contribution in [0.3, 0.4) is 0 Å². The predicted molar refractivity (Wildman–Crippen MR) is 101 cm³/mol. The van der Waals surface area contributed by atoms with E-state index in [-0.39, 0.29) is 5.91 Å². The van der Waals surface area contributed by atoms with E-state index in [0.717, 1.165) is 40.6 Å². The van der Waals surface area contributed by atoms with E-state index in [4.69, 9.17) is 0 Å². The number of nitrogens with one attached hydrogen (secondary N) is 1. The maximum Gasteiger partial charge on any atom is 0.242 e. The average Bonchev–Trinajstić information content (AvgIpc) is 3.07. The van der Waals surface area contributed by atoms with Crippen molar-refractivity contribution in [2.24, 2.45) is 0 Å². The summed E-state index contributed by atoms with van der Waals surface area (Å²) < 4.78 is 0.999. The molecule has 1 aromatic carbocycles. The number of rotatable bonds is 3. The van der Waals surface area contributed by atoms with Crippen LogP contribution < -0.4 is 5.32 Å². The van der Waals surface area contributed by atoms with Crippen LogP contribution >= 0.6 is 27.3 Å². The minimum Gasteiger partial charge on any atom is -0.376 e. The van der Waals surface area contributed by atoms with Gasteiger partial charge in [-0.1, -0.05) is 15.9 Å². The van der Waals surface area contributed by atoms with Crippen molar-refractivity contribution in [3.05, 3.63) is 56.8 Å². The Morgan fingerprint density at radius 2 is 2.25 bits per heavy atom. The average molecular weight is 402 g/mol. The summed E-state index contributed by atoms with van der Waals surface area (Å²) in [5.41, 5.74) is 3.14. The molecule has 0 spiro atoms. The van der Waals surface area contributed by atoms with Crippen molar-refractivity contribution < 1.29 is 4.79 Å². The van der Waals surface area contributed by atoms with E-state index in [9.17, 15) is 4.79 Å². The molecule has 1 aliphatic heterocycles. The van der Waals surface area contributed by atoms with Gasteiger partial charge in [0.25, 0.3) is 0 Å². The van der Waals surface area contributed by atoms with Crippen molar-refractivity contribution in [3.8, 4) is 0 Å². The molecule has 0 fully saturated rings. The molecule has 1 aliphatic rings. The third-order valence-corrected chi connectivity index (χ3v) is 5.81. The lowest BCUT2D eigenvalue weighted by Crippen LogP contribution is -2.38. The standard InChI is InChI=1S/C18H16BrN3OS/c19-13-1-2-15-14(9-13)16(3-6-20-15)21-10-18(23)22-7-4-17-12(11-22)5-8-24-17/h1-3,5-6,8-9H,4,7,10-11H2,(H,20,21). The first-order valence-electron chi connectivity index (χ1n) is 7.82. The van der Waals surface area contributed by atoms with Crippen molar-refractivity contribution in [3.63, 3.8) is 0 Å². The molecule has 1 N–H and O–H groups in total. The van der Waals surface area contributed by atoms with Crippen molar-refractivity contribution in [1.82, 2.24) is 9.88 Å². The zero-order valence-corrected chi connectivity index (χ0v) is 15.4. The molecule has 2 aromatic heterocycles. The van der Waals surface area contributed by atoms with Crippen LogP contribution in [0.25, 0.3) is 10.9 Å². The molecule has 0 unspecified atom stereocenters. The summed E-state index contributed by atoms with van der Waals surface area (Å²) >= 11 is 5.28. The number of fused-ring (bicyclic) bond motifs is 2. The Hall–Kier alpha value is -1.92. The van der Waals surface area contributed by atoms with Gasteiger partial charge in [-0.3, -0.25) is 9.78 Å². The number of anilines is 1. The number of hydrogen-bond acceptors (Lipinski definition) is 4. The van der Waals surface area contributed by atoms with Crippen LogP contribution in [-0.2, 0) is 17.8 Å². The van der Waals surface area contributed by atoms with E-state index in [1.807, 2.05) is 29.2 Å². The maximum atomic E-state index is 12.5. The van der Waals surface area contributed by atoms with Gasteiger partial charge in [0.05, 0.1) is 12.1 Å². The molecule has 3 heterocycles. The molecule has 0 saturated carbocycles. The Morgan fingerprint density at radius 1 is 1.33 bits per heavy atom. The first-order chi connectivity index (χ1) is 11.7. The quantitative estimate of drug-likeness (QED) is 0.719. The molecule has 0 radical (unpaired) electrons. The molecule has 0 bridgehead atoms. The Bertz CT molecular complexity index is 908. The summed E-state index contributed by atoms with van der Waals surface area (Å²) in [7, 11) is 0. The van der Waals surface area contributed by atoms with Gasteiger partial charge >= 0.3 is 0 Å². The first-order valence-corrected chi connectivity index (χ1v) is 9.49. The van der Waals surface area contributed by atoms with Gasteiger partial charge in [0.2, 0.25) is 5.91 Å². The second-order valence-corrected chi connectivity index (χ2v) is 7.72. The molecule has 3 aromatic rings. The monoisotopic (exact) mass is 401 g/mol. The first kappa shape index (κ1) is 15.6. The summed E-state index contributed by atoms with van der Waals surface area (Å²) in [4.78, 5) is 20.3. The number of halogens is 1. The van der Waals surface area contributed by atoms with Gasteiger partial charge in [-0.15, -0.1) is 11.3 Å². The van der Waals surface area contributed by atoms with E-state index in [1.165, 1.54) is 10.4 Å². The zero-order chi connectivity index (χ0) is 16.5. The van der Waals surface area contributed by atoms with E-state index in [1.54, 1.807) is 17.5 Å². The van der Waals surface area contributed by atoms with Crippen LogP contribution in [0.4, 0.5) is 5.69 Å². The third kappa shape index (κ3) is 3.03. The van der Waals surface area contributed by atoms with E-state index >= 15 is 0 Å². The number of thiophene rings is 1. The van der Waals surface area contributed by atoms with E-state index in [2.05, 4.69) is 37.7 Å². The van der Waals surface area contributed by atoms with Crippen LogP contribution in [0.1, 0.15) is 10.4 Å². The van der Waals surface area contributed by atoms with Gasteiger partial charge in [-0.25, -0.2) is 0 Å². The highest BCUT2D eigenvalue weighted by Gasteiger charge is 2.21. The number of pyridine rings is 1. The van der Waals surface area contributed by atoms with Crippen LogP contribution in [0.15, 0.2) is 46.4 Å². The molecule has 24 heavy (non-hydrogen) atoms. The molecule has 122 valence electrons. The van der Waals surface area contributed by atoms with Crippen LogP contribution in [0.2, 0.25) is 0 Å². The number of carbonyl (C=O) groups excluding carboxylic acids is 1. The van der Waals surface area contributed by atoms with Crippen molar-refractivity contribution >= 4 is 49.8 Å². The lowest BCUT2D eigenvalue weighted by Gasteiger charge is -2.27. The summed E-state index contributed by atoms with van der Waals surface area (Å²) in [6.07, 6.45) is 2.73. The number of nitrogens with zero attached hydrogens (tertiary/aromatic N) is 2. The number of benzene rings is 1. The van der Waals surface area contributed by atoms with Crippen molar-refractivity contribution in [1.29, 1.82) is 0 Å². The Kier molecular flexibility index (Phi) is 4.24. The Labute approximate surface area is 152 Å². The fourth-order valence-corrected chi connectivity index (χ4v) is 4.27. The number of aromatic nitrogens is 1. The summed E-state index contributed by atoms with van der Waals surface area (Å²) in [5.74, 6) is 0.131. The number of amides is 1. The van der Waals surface area contributed by atoms with Crippen LogP contribution in [0.5, 0.6) is 0 Å². The van der Waals surface area contributed by atoms with Gasteiger partial charge in [0.15, 0.2) is 0 Å². The minimum absolute atomic E-state index is 0.131. The fraction of sp³-hybridized carbons (Fsp3) is 0.222. The second kappa shape index (κ2) is 6.53. The van der Waals surface area contributed by atoms with Gasteiger partial charge in [-0.2, -0.15) is 0 Å². The summed E-state index contributed by atoms with van der Waals surface area (Å²) in [6.45, 7) is 1.82. The van der Waals surface area contributed by atoms with Crippen molar-refractivity contribution in [2.75, 3.05) is 18.4 Å². The molecular formula is C18H16BrN3OS. The zero-order valence-electron chi connectivity index (χ0n) is 13.0. The number of hydrogen-bond donors (Lipinski definition) is 1. The van der Waals surface area contributed by atoms with Crippen LogP contribution in [0, 0.1) is 0 Å². The largest absolute Gasteiger partial charge is 0.376 e. The van der Waals surface area contributed by atoms with Gasteiger partial charge in [0.1, 0.15) is 0 Å². The highest BCUT2D eigenvalue weighted by Crippen LogP contribution is 2.26. The van der Waals surface area contributed by atoms with E-state index < -0.39 is 0 Å². The lowest BCUT2D eigenvalue weighted by molar-refractivity contribution is -0.130. The Morgan fingerprint density at radius 3 is 3.17 bits per heavy atom. The predicted octanol–water partition coefficient (Wildman–Crippen LogP) is 4.06. The number of carbonyl (C=O) groups is 1. The van der Waals surface area contributed by atoms with Gasteiger partial charge < -0.3 is 10.2 Å². The lowest BCUT2D eigenvalue weighted by atomic mass is 10.1. The minimum atomic E-state index is 0.131. The molecule has 6 heteroatoms. The van der Waals surface area contributed by atoms with Crippen molar-refractivity contribution in [2.45, 2.75) is 13.0 Å². The molecule has 4 nitrogen and oxygen atoms in total. The smallest absolute Gasteiger partial charge is 0.242 e. The fourth-order valence-electron chi connectivity index (χ4n) is 3.02. The second-order valence-electron chi connectivity index (χ2n) is 5.81. The van der Waals surface area contributed by atoms with E-state index in [0.29, 0.717) is 6.54 Å². The van der Waals surface area contributed by atoms with Gasteiger partial charge in [0, 0.05) is 39.7 Å². The molecule has 0 atom stereocenters. The maximum absolute atomic E-state index is 12.5. The van der Waals surface area contributed by atoms with Crippen LogP contribution in [-0.4, -0.2) is 28.9 Å². The Balaban J connectivity index is 1.47. The molecule has 0 aliphatic carbocycles. The molecule has 1 amide bonds.